The Morgan fingerprint density at radius 3 is 2.81 bits per heavy atom. The molecule has 0 saturated carbocycles. The number of methoxy groups -OCH3 is 2. The van der Waals surface area contributed by atoms with Crippen LogP contribution in [0.5, 0.6) is 5.75 Å². The van der Waals surface area contributed by atoms with Crippen LogP contribution in [0.4, 0.5) is 0 Å². The summed E-state index contributed by atoms with van der Waals surface area (Å²) in [5, 5.41) is 0.350. The second-order valence-electron chi connectivity index (χ2n) is 4.53. The molecule has 4 nitrogen and oxygen atoms in total. The van der Waals surface area contributed by atoms with Crippen LogP contribution in [0.2, 0.25) is 5.02 Å². The Kier molecular flexibility index (Phi) is 5.87. The summed E-state index contributed by atoms with van der Waals surface area (Å²) in [5.74, 6) is 0.664. The number of amides is 1. The maximum atomic E-state index is 12.3. The molecule has 1 atom stereocenters. The summed E-state index contributed by atoms with van der Waals surface area (Å²) in [6, 6.07) is 5.55. The molecule has 1 saturated heterocycles. The van der Waals surface area contributed by atoms with Gasteiger partial charge in [-0.1, -0.05) is 41.6 Å². The highest BCUT2D eigenvalue weighted by atomic mass is 35.5. The van der Waals surface area contributed by atoms with Crippen molar-refractivity contribution in [2.75, 3.05) is 27.4 Å². The first-order valence-corrected chi connectivity index (χ1v) is 8.06. The average molecular weight is 346 g/mol. The number of hydrogen-bond acceptors (Lipinski definition) is 5. The topological polar surface area (TPSA) is 38.8 Å². The Morgan fingerprint density at radius 2 is 2.19 bits per heavy atom. The van der Waals surface area contributed by atoms with Gasteiger partial charge in [0.1, 0.15) is 10.1 Å². The predicted octanol–water partition coefficient (Wildman–Crippen LogP) is 2.77. The molecule has 1 heterocycles. The maximum Gasteiger partial charge on any atom is 0.242 e. The average Bonchev–Trinajstić information content (AvgIpc) is 2.72. The van der Waals surface area contributed by atoms with Crippen LogP contribution >= 0.6 is 35.6 Å². The summed E-state index contributed by atoms with van der Waals surface area (Å²) in [6.07, 6.45) is 0.594. The van der Waals surface area contributed by atoms with Gasteiger partial charge in [-0.15, -0.1) is 0 Å². The summed E-state index contributed by atoms with van der Waals surface area (Å²) in [5.41, 5.74) is 0.989. The van der Waals surface area contributed by atoms with E-state index in [1.165, 1.54) is 11.8 Å². The molecule has 21 heavy (non-hydrogen) atoms. The predicted molar refractivity (Wildman–Crippen MR) is 89.3 cm³/mol. The number of halogens is 1. The monoisotopic (exact) mass is 345 g/mol. The van der Waals surface area contributed by atoms with Crippen LogP contribution in [0.1, 0.15) is 5.56 Å². The molecule has 1 aromatic rings. The number of carbonyl (C=O) groups excluding carboxylic acids is 1. The first-order valence-electron chi connectivity index (χ1n) is 6.40. The number of thioether (sulfide) groups is 1. The van der Waals surface area contributed by atoms with Crippen LogP contribution in [0, 0.1) is 0 Å². The van der Waals surface area contributed by atoms with Crippen LogP contribution in [-0.4, -0.2) is 47.7 Å². The first kappa shape index (κ1) is 16.5. The third kappa shape index (κ3) is 3.88. The standard InChI is InChI=1S/C14H16ClNO3S2/c1-18-6-5-16-13(17)12(21-14(16)20)8-9-3-4-11(19-2)10(15)7-9/h3-4,7,12H,5-6,8H2,1-2H3/t12-/m0/s1. The number of carbonyl (C=O) groups is 1. The molecule has 0 radical (unpaired) electrons. The van der Waals surface area contributed by atoms with E-state index in [4.69, 9.17) is 33.3 Å². The third-order valence-electron chi connectivity index (χ3n) is 3.16. The Bertz CT molecular complexity index is 553. The van der Waals surface area contributed by atoms with Gasteiger partial charge in [0.05, 0.1) is 30.5 Å². The van der Waals surface area contributed by atoms with E-state index >= 15 is 0 Å². The van der Waals surface area contributed by atoms with Gasteiger partial charge < -0.3 is 9.47 Å². The van der Waals surface area contributed by atoms with Gasteiger partial charge >= 0.3 is 0 Å². The van der Waals surface area contributed by atoms with Crippen LogP contribution in [-0.2, 0) is 16.0 Å². The normalized spacial score (nSPS) is 18.4. The van der Waals surface area contributed by atoms with E-state index in [2.05, 4.69) is 0 Å². The molecule has 7 heteroatoms. The lowest BCUT2D eigenvalue weighted by Crippen LogP contribution is -2.34. The van der Waals surface area contributed by atoms with E-state index in [-0.39, 0.29) is 11.2 Å². The fourth-order valence-electron chi connectivity index (χ4n) is 2.06. The van der Waals surface area contributed by atoms with Crippen molar-refractivity contribution >= 4 is 45.8 Å². The van der Waals surface area contributed by atoms with Gasteiger partial charge in [-0.3, -0.25) is 9.69 Å². The SMILES string of the molecule is COCCN1C(=O)[C@H](Cc2ccc(OC)c(Cl)c2)SC1=S. The number of benzene rings is 1. The lowest BCUT2D eigenvalue weighted by Gasteiger charge is -2.14. The zero-order valence-corrected chi connectivity index (χ0v) is 14.2. The highest BCUT2D eigenvalue weighted by molar-refractivity contribution is 8.24. The Labute approximate surface area is 138 Å². The third-order valence-corrected chi connectivity index (χ3v) is 5.04. The summed E-state index contributed by atoms with van der Waals surface area (Å²) in [7, 11) is 3.18. The van der Waals surface area contributed by atoms with Gasteiger partial charge in [0.15, 0.2) is 0 Å². The molecule has 114 valence electrons. The van der Waals surface area contributed by atoms with E-state index in [1.54, 1.807) is 19.1 Å². The second kappa shape index (κ2) is 7.45. The quantitative estimate of drug-likeness (QED) is 0.741. The molecule has 1 aromatic carbocycles. The highest BCUT2D eigenvalue weighted by Gasteiger charge is 2.36. The Hall–Kier alpha value is -0.820. The smallest absolute Gasteiger partial charge is 0.242 e. The summed E-state index contributed by atoms with van der Waals surface area (Å²) < 4.78 is 10.7. The highest BCUT2D eigenvalue weighted by Crippen LogP contribution is 2.32. The van der Waals surface area contributed by atoms with Crippen molar-refractivity contribution in [3.05, 3.63) is 28.8 Å². The first-order chi connectivity index (χ1) is 10.1. The van der Waals surface area contributed by atoms with E-state index in [0.717, 1.165) is 5.56 Å². The maximum absolute atomic E-state index is 12.3. The van der Waals surface area contributed by atoms with Gasteiger partial charge in [-0.25, -0.2) is 0 Å². The molecule has 1 aliphatic rings. The molecule has 0 unspecified atom stereocenters. The van der Waals surface area contributed by atoms with Crippen molar-refractivity contribution in [1.82, 2.24) is 4.90 Å². The van der Waals surface area contributed by atoms with E-state index in [9.17, 15) is 4.79 Å². The van der Waals surface area contributed by atoms with Crippen LogP contribution in [0.15, 0.2) is 18.2 Å². The Morgan fingerprint density at radius 1 is 1.43 bits per heavy atom. The molecular formula is C14H16ClNO3S2. The van der Waals surface area contributed by atoms with Gasteiger partial charge in [-0.2, -0.15) is 0 Å². The summed E-state index contributed by atoms with van der Waals surface area (Å²) in [6.45, 7) is 0.981. The van der Waals surface area contributed by atoms with Crippen molar-refractivity contribution in [3.8, 4) is 5.75 Å². The lowest BCUT2D eigenvalue weighted by molar-refractivity contribution is -0.126. The van der Waals surface area contributed by atoms with Crippen molar-refractivity contribution in [3.63, 3.8) is 0 Å². The van der Waals surface area contributed by atoms with E-state index in [0.29, 0.717) is 34.7 Å². The van der Waals surface area contributed by atoms with Crippen molar-refractivity contribution in [2.24, 2.45) is 0 Å². The number of rotatable bonds is 6. The van der Waals surface area contributed by atoms with Gasteiger partial charge in [0.2, 0.25) is 5.91 Å². The number of hydrogen-bond donors (Lipinski definition) is 0. The zero-order chi connectivity index (χ0) is 15.4. The minimum absolute atomic E-state index is 0.0361. The lowest BCUT2D eigenvalue weighted by atomic mass is 10.1. The molecule has 1 aliphatic heterocycles. The second-order valence-corrected chi connectivity index (χ2v) is 6.77. The molecule has 1 amide bonds. The fraction of sp³-hybridized carbons (Fsp3) is 0.429. The van der Waals surface area contributed by atoms with Gasteiger partial charge in [0, 0.05) is 7.11 Å². The molecule has 0 aromatic heterocycles. The largest absolute Gasteiger partial charge is 0.495 e. The minimum atomic E-state index is -0.196. The molecule has 1 fully saturated rings. The van der Waals surface area contributed by atoms with Gasteiger partial charge in [-0.05, 0) is 24.1 Å². The summed E-state index contributed by atoms with van der Waals surface area (Å²) in [4.78, 5) is 13.9. The van der Waals surface area contributed by atoms with Crippen molar-refractivity contribution < 1.29 is 14.3 Å². The Balaban J connectivity index is 2.05. The van der Waals surface area contributed by atoms with Crippen molar-refractivity contribution in [2.45, 2.75) is 11.7 Å². The van der Waals surface area contributed by atoms with Crippen LogP contribution < -0.4 is 4.74 Å². The molecule has 0 aliphatic carbocycles. The fourth-order valence-corrected chi connectivity index (χ4v) is 3.93. The molecular weight excluding hydrogens is 330 g/mol. The molecule has 0 bridgehead atoms. The number of ether oxygens (including phenoxy) is 2. The molecule has 2 rings (SSSR count). The zero-order valence-electron chi connectivity index (χ0n) is 11.8. The van der Waals surface area contributed by atoms with E-state index in [1.807, 2.05) is 18.2 Å². The van der Waals surface area contributed by atoms with Crippen LogP contribution in [0.3, 0.4) is 0 Å². The summed E-state index contributed by atoms with van der Waals surface area (Å²) >= 11 is 12.8. The van der Waals surface area contributed by atoms with Crippen LogP contribution in [0.25, 0.3) is 0 Å². The number of thiocarbonyl (C=S) groups is 1. The number of nitrogens with zero attached hydrogens (tertiary/aromatic N) is 1. The minimum Gasteiger partial charge on any atom is -0.495 e. The van der Waals surface area contributed by atoms with Gasteiger partial charge in [0.25, 0.3) is 0 Å². The van der Waals surface area contributed by atoms with E-state index < -0.39 is 0 Å². The molecule has 0 spiro atoms. The van der Waals surface area contributed by atoms with Crippen molar-refractivity contribution in [1.29, 1.82) is 0 Å². The molecule has 0 N–H and O–H groups in total.